The second-order valence-corrected chi connectivity index (χ2v) is 7.47. The monoisotopic (exact) mass is 390 g/mol. The first-order chi connectivity index (χ1) is 13.0. The lowest BCUT2D eigenvalue weighted by molar-refractivity contribution is -0.292. The highest BCUT2D eigenvalue weighted by atomic mass is 16.7. The van der Waals surface area contributed by atoms with Gasteiger partial charge in [-0.3, -0.25) is 4.79 Å². The molecule has 1 aliphatic rings. The molecular formula is C20H38O7. The van der Waals surface area contributed by atoms with Gasteiger partial charge in [0.15, 0.2) is 0 Å². The lowest BCUT2D eigenvalue weighted by atomic mass is 9.99. The van der Waals surface area contributed by atoms with Crippen LogP contribution in [0, 0.1) is 0 Å². The molecule has 7 nitrogen and oxygen atoms in total. The molecule has 0 aromatic heterocycles. The Balaban J connectivity index is 2.07. The highest BCUT2D eigenvalue weighted by Gasteiger charge is 2.45. The fourth-order valence-electron chi connectivity index (χ4n) is 3.29. The van der Waals surface area contributed by atoms with Crippen molar-refractivity contribution >= 4 is 5.97 Å². The molecule has 0 radical (unpaired) electrons. The Bertz CT molecular complexity index is 389. The first-order valence-electron chi connectivity index (χ1n) is 10.5. The van der Waals surface area contributed by atoms with Crippen LogP contribution in [0.15, 0.2) is 0 Å². The van der Waals surface area contributed by atoms with Crippen LogP contribution in [-0.2, 0) is 14.3 Å². The molecule has 1 rings (SSSR count). The summed E-state index contributed by atoms with van der Waals surface area (Å²) in [7, 11) is 0. The highest BCUT2D eigenvalue weighted by Crippen LogP contribution is 2.22. The molecule has 5 atom stereocenters. The van der Waals surface area contributed by atoms with Gasteiger partial charge in [-0.15, -0.1) is 0 Å². The summed E-state index contributed by atoms with van der Waals surface area (Å²) in [5.74, 6) is -0.518. The van der Waals surface area contributed by atoms with Gasteiger partial charge in [-0.05, 0) is 6.42 Å². The van der Waals surface area contributed by atoms with Crippen molar-refractivity contribution in [1.29, 1.82) is 0 Å². The van der Waals surface area contributed by atoms with Crippen molar-refractivity contribution in [2.24, 2.45) is 0 Å². The van der Waals surface area contributed by atoms with E-state index < -0.39 is 43.3 Å². The van der Waals surface area contributed by atoms with E-state index in [4.69, 9.17) is 14.6 Å². The van der Waals surface area contributed by atoms with Gasteiger partial charge in [0.1, 0.15) is 24.4 Å². The normalized spacial score (nSPS) is 28.3. The van der Waals surface area contributed by atoms with Crippen LogP contribution in [0.4, 0.5) is 0 Å². The molecule has 0 aromatic rings. The third-order valence-corrected chi connectivity index (χ3v) is 5.08. The van der Waals surface area contributed by atoms with Crippen LogP contribution in [0.1, 0.15) is 84.0 Å². The molecule has 0 bridgehead atoms. The van der Waals surface area contributed by atoms with E-state index in [1.54, 1.807) is 0 Å². The average Bonchev–Trinajstić information content (AvgIpc) is 2.66. The van der Waals surface area contributed by atoms with Gasteiger partial charge in [-0.2, -0.15) is 0 Å². The zero-order valence-electron chi connectivity index (χ0n) is 16.6. The van der Waals surface area contributed by atoms with Crippen molar-refractivity contribution in [3.8, 4) is 0 Å². The number of ether oxygens (including phenoxy) is 2. The average molecular weight is 391 g/mol. The molecule has 4 N–H and O–H groups in total. The third-order valence-electron chi connectivity index (χ3n) is 5.08. The van der Waals surface area contributed by atoms with Crippen LogP contribution in [0.2, 0.25) is 0 Å². The summed E-state index contributed by atoms with van der Waals surface area (Å²) in [6, 6.07) is 0. The standard InChI is InChI=1S/C20H38O7/c1-2-3-4-5-6-7-8-9-10-11-12-13-16(22)27-20-19(25)18(24)17(23)15(14-21)26-20/h15,17-21,23-25H,2-14H2,1H3/t15-,17+,18-,19-,20-/m1/s1. The third kappa shape index (κ3) is 9.34. The molecular weight excluding hydrogens is 352 g/mol. The predicted molar refractivity (Wildman–Crippen MR) is 101 cm³/mol. The topological polar surface area (TPSA) is 116 Å². The second kappa shape index (κ2) is 14.3. The van der Waals surface area contributed by atoms with E-state index in [-0.39, 0.29) is 6.42 Å². The van der Waals surface area contributed by atoms with Gasteiger partial charge >= 0.3 is 5.97 Å². The number of unbranched alkanes of at least 4 members (excludes halogenated alkanes) is 10. The van der Waals surface area contributed by atoms with E-state index in [2.05, 4.69) is 6.92 Å². The minimum Gasteiger partial charge on any atom is -0.433 e. The smallest absolute Gasteiger partial charge is 0.308 e. The van der Waals surface area contributed by atoms with Gasteiger partial charge in [-0.25, -0.2) is 0 Å². The number of aliphatic hydroxyl groups is 4. The zero-order valence-corrected chi connectivity index (χ0v) is 16.6. The van der Waals surface area contributed by atoms with E-state index >= 15 is 0 Å². The minimum absolute atomic E-state index is 0.214. The van der Waals surface area contributed by atoms with Gasteiger partial charge in [0, 0.05) is 6.42 Å². The van der Waals surface area contributed by atoms with Crippen molar-refractivity contribution in [2.75, 3.05) is 6.61 Å². The van der Waals surface area contributed by atoms with Crippen LogP contribution in [0.3, 0.4) is 0 Å². The Hall–Kier alpha value is -0.730. The Kier molecular flexibility index (Phi) is 12.9. The first kappa shape index (κ1) is 24.3. The summed E-state index contributed by atoms with van der Waals surface area (Å²) in [4.78, 5) is 11.9. The zero-order chi connectivity index (χ0) is 20.1. The molecule has 1 fully saturated rings. The Morgan fingerprint density at radius 1 is 0.815 bits per heavy atom. The number of rotatable bonds is 14. The molecule has 1 aliphatic heterocycles. The quantitative estimate of drug-likeness (QED) is 0.265. The molecule has 1 heterocycles. The van der Waals surface area contributed by atoms with Gasteiger partial charge in [0.25, 0.3) is 0 Å². The maximum absolute atomic E-state index is 11.9. The fraction of sp³-hybridized carbons (Fsp3) is 0.950. The summed E-state index contributed by atoms with van der Waals surface area (Å²) in [6.07, 6.45) is 6.27. The number of esters is 1. The lowest BCUT2D eigenvalue weighted by Crippen LogP contribution is -2.59. The maximum atomic E-state index is 11.9. The van der Waals surface area contributed by atoms with Crippen LogP contribution < -0.4 is 0 Å². The number of aliphatic hydroxyl groups excluding tert-OH is 4. The number of carbonyl (C=O) groups is 1. The largest absolute Gasteiger partial charge is 0.433 e. The summed E-state index contributed by atoms with van der Waals surface area (Å²) in [5, 5.41) is 38.3. The van der Waals surface area contributed by atoms with Gasteiger partial charge in [0.05, 0.1) is 6.61 Å². The van der Waals surface area contributed by atoms with Gasteiger partial charge in [0.2, 0.25) is 6.29 Å². The number of carbonyl (C=O) groups excluding carboxylic acids is 1. The van der Waals surface area contributed by atoms with Crippen molar-refractivity contribution in [3.05, 3.63) is 0 Å². The molecule has 27 heavy (non-hydrogen) atoms. The van der Waals surface area contributed by atoms with E-state index in [9.17, 15) is 20.1 Å². The number of hydrogen-bond donors (Lipinski definition) is 4. The molecule has 0 spiro atoms. The van der Waals surface area contributed by atoms with Crippen LogP contribution >= 0.6 is 0 Å². The molecule has 1 saturated heterocycles. The summed E-state index contributed by atoms with van der Waals surface area (Å²) >= 11 is 0. The second-order valence-electron chi connectivity index (χ2n) is 7.47. The molecule has 160 valence electrons. The van der Waals surface area contributed by atoms with E-state index in [1.165, 1.54) is 51.4 Å². The van der Waals surface area contributed by atoms with Crippen molar-refractivity contribution in [3.63, 3.8) is 0 Å². The molecule has 0 aromatic carbocycles. The van der Waals surface area contributed by atoms with Crippen molar-refractivity contribution < 1.29 is 34.7 Å². The van der Waals surface area contributed by atoms with Crippen LogP contribution in [0.25, 0.3) is 0 Å². The fourth-order valence-corrected chi connectivity index (χ4v) is 3.29. The van der Waals surface area contributed by atoms with Gasteiger partial charge in [-0.1, -0.05) is 71.1 Å². The Morgan fingerprint density at radius 2 is 1.33 bits per heavy atom. The number of hydrogen-bond acceptors (Lipinski definition) is 7. The molecule has 0 aliphatic carbocycles. The summed E-state index contributed by atoms with van der Waals surface area (Å²) in [5.41, 5.74) is 0. The summed E-state index contributed by atoms with van der Waals surface area (Å²) < 4.78 is 10.2. The van der Waals surface area contributed by atoms with E-state index in [0.717, 1.165) is 12.8 Å². The van der Waals surface area contributed by atoms with E-state index in [1.807, 2.05) is 0 Å². The van der Waals surface area contributed by atoms with E-state index in [0.29, 0.717) is 6.42 Å². The maximum Gasteiger partial charge on any atom is 0.308 e. The lowest BCUT2D eigenvalue weighted by Gasteiger charge is -2.39. The first-order valence-corrected chi connectivity index (χ1v) is 10.5. The predicted octanol–water partition coefficient (Wildman–Crippen LogP) is 2.03. The minimum atomic E-state index is -1.54. The van der Waals surface area contributed by atoms with Crippen LogP contribution in [0.5, 0.6) is 0 Å². The molecule has 7 heteroatoms. The molecule has 0 unspecified atom stereocenters. The van der Waals surface area contributed by atoms with Gasteiger partial charge < -0.3 is 29.9 Å². The van der Waals surface area contributed by atoms with Crippen molar-refractivity contribution in [2.45, 2.75) is 115 Å². The SMILES string of the molecule is CCCCCCCCCCCCCC(=O)O[C@H]1O[C@H](CO)[C@H](O)[C@@H](O)[C@H]1O. The molecule has 0 amide bonds. The van der Waals surface area contributed by atoms with Crippen LogP contribution in [-0.4, -0.2) is 63.7 Å². The Labute approximate surface area is 162 Å². The highest BCUT2D eigenvalue weighted by molar-refractivity contribution is 5.69. The Morgan fingerprint density at radius 3 is 1.85 bits per heavy atom. The summed E-state index contributed by atoms with van der Waals surface area (Å²) in [6.45, 7) is 1.68. The molecule has 0 saturated carbocycles. The van der Waals surface area contributed by atoms with Crippen molar-refractivity contribution in [1.82, 2.24) is 0 Å².